The van der Waals surface area contributed by atoms with Gasteiger partial charge in [-0.3, -0.25) is 9.59 Å². The number of nitrogens with zero attached hydrogens (tertiary/aromatic N) is 4. The average molecular weight is 426 g/mol. The van der Waals surface area contributed by atoms with E-state index in [9.17, 15) is 19.6 Å². The normalized spacial score (nSPS) is 19.4. The van der Waals surface area contributed by atoms with Gasteiger partial charge in [0.05, 0.1) is 0 Å². The monoisotopic (exact) mass is 425 g/mol. The molecule has 0 atom stereocenters. The number of hydrogen-bond donors (Lipinski definition) is 3. The first-order valence-corrected chi connectivity index (χ1v) is 9.95. The minimum absolute atomic E-state index is 0.138. The smallest absolute Gasteiger partial charge is 0.313 e. The van der Waals surface area contributed by atoms with Gasteiger partial charge in [0.2, 0.25) is 11.8 Å². The molecule has 3 rings (SSSR count). The molecule has 0 bridgehead atoms. The fourth-order valence-electron chi connectivity index (χ4n) is 3.15. The largest absolute Gasteiger partial charge is 0.358 e. The van der Waals surface area contributed by atoms with Crippen LogP contribution in [-0.4, -0.2) is 65.4 Å². The van der Waals surface area contributed by atoms with Crippen LogP contribution < -0.4 is 21.3 Å². The zero-order chi connectivity index (χ0) is 20.3. The maximum atomic E-state index is 13.0. The van der Waals surface area contributed by atoms with Crippen molar-refractivity contribution in [3.05, 3.63) is 10.7 Å². The quantitative estimate of drug-likeness (QED) is 0.622. The van der Waals surface area contributed by atoms with Gasteiger partial charge in [0.25, 0.3) is 0 Å². The molecule has 1 aliphatic heterocycles. The minimum atomic E-state index is -0.969. The van der Waals surface area contributed by atoms with Crippen molar-refractivity contribution >= 4 is 46.0 Å². The Bertz CT molecular complexity index is 833. The number of primary amides is 1. The highest BCUT2D eigenvalue weighted by atomic mass is 35.5. The van der Waals surface area contributed by atoms with E-state index >= 15 is 0 Å². The van der Waals surface area contributed by atoms with E-state index in [1.807, 2.05) is 11.0 Å². The van der Waals surface area contributed by atoms with Crippen molar-refractivity contribution in [2.75, 3.05) is 37.6 Å². The van der Waals surface area contributed by atoms with Crippen LogP contribution in [0, 0.1) is 11.3 Å². The summed E-state index contributed by atoms with van der Waals surface area (Å²) in [6.45, 7) is 1.84. The van der Waals surface area contributed by atoms with Gasteiger partial charge in [0.1, 0.15) is 22.2 Å². The molecule has 1 aliphatic carbocycles. The number of aromatic nitrogens is 1. The maximum absolute atomic E-state index is 13.0. The number of halogens is 1. The Balaban J connectivity index is 1.79. The van der Waals surface area contributed by atoms with Crippen molar-refractivity contribution in [3.8, 4) is 6.07 Å². The van der Waals surface area contributed by atoms with Gasteiger partial charge in [0.15, 0.2) is 5.15 Å². The number of nitrogens with two attached hydrogens (primary N) is 1. The Kier molecular flexibility index (Phi) is 5.90. The van der Waals surface area contributed by atoms with Gasteiger partial charge >= 0.3 is 6.03 Å². The molecule has 1 aromatic heterocycles. The van der Waals surface area contributed by atoms with E-state index in [1.165, 1.54) is 0 Å². The second-order valence-electron chi connectivity index (χ2n) is 6.72. The first-order chi connectivity index (χ1) is 13.4. The summed E-state index contributed by atoms with van der Waals surface area (Å²) in [5.41, 5.74) is 4.51. The molecular weight excluding hydrogens is 406 g/mol. The summed E-state index contributed by atoms with van der Waals surface area (Å²) in [5, 5.41) is 15.4. The number of carbonyl (C=O) groups is 3. The van der Waals surface area contributed by atoms with Crippen molar-refractivity contribution < 1.29 is 14.4 Å². The molecule has 0 unspecified atom stereocenters. The van der Waals surface area contributed by atoms with Crippen molar-refractivity contribution in [2.45, 2.75) is 24.8 Å². The summed E-state index contributed by atoms with van der Waals surface area (Å²) in [5.74, 6) is -0.419. The Morgan fingerprint density at radius 3 is 2.71 bits per heavy atom. The summed E-state index contributed by atoms with van der Waals surface area (Å²) in [7, 11) is 0. The van der Waals surface area contributed by atoms with Crippen LogP contribution in [-0.2, 0) is 9.59 Å². The van der Waals surface area contributed by atoms with E-state index in [2.05, 4.69) is 15.0 Å². The Morgan fingerprint density at radius 1 is 1.32 bits per heavy atom. The summed E-state index contributed by atoms with van der Waals surface area (Å²) in [6.07, 6.45) is 1.21. The zero-order valence-electron chi connectivity index (χ0n) is 15.0. The minimum Gasteiger partial charge on any atom is -0.358 e. The van der Waals surface area contributed by atoms with Gasteiger partial charge in [-0.1, -0.05) is 11.6 Å². The van der Waals surface area contributed by atoms with Crippen LogP contribution >= 0.6 is 23.1 Å². The molecule has 4 amide bonds. The molecule has 150 valence electrons. The van der Waals surface area contributed by atoms with E-state index < -0.39 is 11.6 Å². The highest BCUT2D eigenvalue weighted by Crippen LogP contribution is 2.37. The molecule has 2 heterocycles. The van der Waals surface area contributed by atoms with E-state index in [0.717, 1.165) is 11.5 Å². The Morgan fingerprint density at radius 2 is 2.07 bits per heavy atom. The zero-order valence-corrected chi connectivity index (χ0v) is 16.6. The van der Waals surface area contributed by atoms with Gasteiger partial charge < -0.3 is 26.2 Å². The van der Waals surface area contributed by atoms with E-state index in [-0.39, 0.29) is 35.5 Å². The third-order valence-electron chi connectivity index (χ3n) is 4.79. The van der Waals surface area contributed by atoms with Crippen molar-refractivity contribution in [1.82, 2.24) is 19.9 Å². The number of carbonyl (C=O) groups excluding carboxylic acids is 3. The predicted octanol–water partition coefficient (Wildman–Crippen LogP) is 0.0240. The molecule has 0 radical (unpaired) electrons. The van der Waals surface area contributed by atoms with Crippen LogP contribution in [0.2, 0.25) is 5.15 Å². The molecular formula is C16H20ClN7O3S. The van der Waals surface area contributed by atoms with Gasteiger partial charge in [0, 0.05) is 39.1 Å². The lowest BCUT2D eigenvalue weighted by atomic mass is 10.2. The molecule has 0 aromatic carbocycles. The lowest BCUT2D eigenvalue weighted by Gasteiger charge is -2.32. The SMILES string of the molecule is N#Cc1c(Cl)nsc1N1CCNC(=O)CCN(C(=O)C2(NC(N)=O)CC2)CC1. The number of anilines is 1. The first-order valence-electron chi connectivity index (χ1n) is 8.80. The van der Waals surface area contributed by atoms with Crippen molar-refractivity contribution in [2.24, 2.45) is 5.73 Å². The number of rotatable bonds is 3. The second-order valence-corrected chi connectivity index (χ2v) is 7.83. The summed E-state index contributed by atoms with van der Waals surface area (Å²) in [6, 6.07) is 1.30. The second kappa shape index (κ2) is 8.20. The lowest BCUT2D eigenvalue weighted by Crippen LogP contribution is -2.54. The lowest BCUT2D eigenvalue weighted by molar-refractivity contribution is -0.134. The molecule has 12 heteroatoms. The number of nitriles is 1. The standard InChI is InChI=1S/C16H20ClN7O3S/c17-12-10(9-18)13(28-22-12)23-6-4-20-11(25)1-5-24(8-7-23)14(26)16(2-3-16)21-15(19)27/h1-8H2,(H,20,25)(H3,19,21,27). The fourth-order valence-corrected chi connectivity index (χ4v) is 4.24. The summed E-state index contributed by atoms with van der Waals surface area (Å²) >= 11 is 7.08. The number of hydrogen-bond acceptors (Lipinski definition) is 7. The highest BCUT2D eigenvalue weighted by Gasteiger charge is 2.52. The predicted molar refractivity (Wildman–Crippen MR) is 103 cm³/mol. The Labute approximate surface area is 170 Å². The van der Waals surface area contributed by atoms with E-state index in [1.54, 1.807) is 4.90 Å². The van der Waals surface area contributed by atoms with Crippen LogP contribution in [0.1, 0.15) is 24.8 Å². The van der Waals surface area contributed by atoms with Crippen LogP contribution in [0.15, 0.2) is 0 Å². The number of urea groups is 1. The molecule has 1 aromatic rings. The number of amides is 4. The third-order valence-corrected chi connectivity index (χ3v) is 6.08. The molecule has 2 aliphatic rings. The fraction of sp³-hybridized carbons (Fsp3) is 0.562. The molecule has 2 fully saturated rings. The number of nitrogens with one attached hydrogen (secondary N) is 2. The molecule has 1 saturated heterocycles. The summed E-state index contributed by atoms with van der Waals surface area (Å²) < 4.78 is 4.02. The molecule has 0 spiro atoms. The van der Waals surface area contributed by atoms with Crippen molar-refractivity contribution in [3.63, 3.8) is 0 Å². The Hall–Kier alpha value is -2.58. The molecule has 28 heavy (non-hydrogen) atoms. The molecule has 10 nitrogen and oxygen atoms in total. The first kappa shape index (κ1) is 20.2. The topological polar surface area (TPSA) is 144 Å². The van der Waals surface area contributed by atoms with Gasteiger partial charge in [-0.05, 0) is 24.4 Å². The van der Waals surface area contributed by atoms with E-state index in [4.69, 9.17) is 17.3 Å². The molecule has 1 saturated carbocycles. The summed E-state index contributed by atoms with van der Waals surface area (Å²) in [4.78, 5) is 39.7. The third kappa shape index (κ3) is 4.28. The van der Waals surface area contributed by atoms with Crippen LogP contribution in [0.3, 0.4) is 0 Å². The molecule has 4 N–H and O–H groups in total. The van der Waals surface area contributed by atoms with Crippen LogP contribution in [0.4, 0.5) is 9.80 Å². The maximum Gasteiger partial charge on any atom is 0.313 e. The average Bonchev–Trinajstić information content (AvgIpc) is 3.33. The van der Waals surface area contributed by atoms with Gasteiger partial charge in [-0.25, -0.2) is 4.79 Å². The van der Waals surface area contributed by atoms with Gasteiger partial charge in [-0.2, -0.15) is 9.64 Å². The van der Waals surface area contributed by atoms with Crippen LogP contribution in [0.25, 0.3) is 0 Å². The van der Waals surface area contributed by atoms with Crippen molar-refractivity contribution in [1.29, 1.82) is 5.26 Å². The van der Waals surface area contributed by atoms with Gasteiger partial charge in [-0.15, -0.1) is 0 Å². The highest BCUT2D eigenvalue weighted by molar-refractivity contribution is 7.10. The van der Waals surface area contributed by atoms with Crippen LogP contribution in [0.5, 0.6) is 0 Å². The van der Waals surface area contributed by atoms with E-state index in [0.29, 0.717) is 44.0 Å².